The number of rotatable bonds is 3. The SMILES string of the molecule is CCN(CC)C(=O)N1CCC(C(=O)N2CC[C@@H]3CNC[C@@H]3CC2)CC1. The second-order valence-electron chi connectivity index (χ2n) is 7.80. The van der Waals surface area contributed by atoms with Gasteiger partial charge in [0.15, 0.2) is 0 Å². The summed E-state index contributed by atoms with van der Waals surface area (Å²) in [6.45, 7) is 11.0. The van der Waals surface area contributed by atoms with Crippen molar-refractivity contribution in [2.45, 2.75) is 39.5 Å². The molecule has 0 aromatic rings. The molecule has 1 N–H and O–H groups in total. The summed E-state index contributed by atoms with van der Waals surface area (Å²) in [7, 11) is 0. The maximum absolute atomic E-state index is 12.9. The Kier molecular flexibility index (Phi) is 6.20. The Morgan fingerprint density at radius 2 is 1.40 bits per heavy atom. The lowest BCUT2D eigenvalue weighted by Crippen LogP contribution is -2.49. The Morgan fingerprint density at radius 1 is 0.880 bits per heavy atom. The molecule has 0 spiro atoms. The second-order valence-corrected chi connectivity index (χ2v) is 7.80. The molecular formula is C19H34N4O2. The predicted octanol–water partition coefficient (Wildman–Crippen LogP) is 1.62. The first-order valence-electron chi connectivity index (χ1n) is 10.2. The van der Waals surface area contributed by atoms with E-state index in [9.17, 15) is 9.59 Å². The predicted molar refractivity (Wildman–Crippen MR) is 98.3 cm³/mol. The van der Waals surface area contributed by atoms with Crippen LogP contribution in [0.1, 0.15) is 39.5 Å². The zero-order valence-electron chi connectivity index (χ0n) is 15.9. The number of piperidine rings is 1. The molecule has 0 radical (unpaired) electrons. The summed E-state index contributed by atoms with van der Waals surface area (Å²) in [6, 6.07) is 0.131. The van der Waals surface area contributed by atoms with Crippen LogP contribution in [-0.2, 0) is 4.79 Å². The molecule has 3 amide bonds. The van der Waals surface area contributed by atoms with Gasteiger partial charge in [0.1, 0.15) is 0 Å². The highest BCUT2D eigenvalue weighted by atomic mass is 16.2. The lowest BCUT2D eigenvalue weighted by atomic mass is 9.92. The summed E-state index contributed by atoms with van der Waals surface area (Å²) < 4.78 is 0. The fraction of sp³-hybridized carbons (Fsp3) is 0.895. The first-order chi connectivity index (χ1) is 12.1. The number of carbonyl (C=O) groups excluding carboxylic acids is 2. The van der Waals surface area contributed by atoms with E-state index in [0.29, 0.717) is 5.91 Å². The van der Waals surface area contributed by atoms with Gasteiger partial charge in [-0.25, -0.2) is 4.79 Å². The maximum Gasteiger partial charge on any atom is 0.319 e. The van der Waals surface area contributed by atoms with Crippen LogP contribution in [0.2, 0.25) is 0 Å². The van der Waals surface area contributed by atoms with Gasteiger partial charge in [0, 0.05) is 45.2 Å². The third-order valence-corrected chi connectivity index (χ3v) is 6.48. The van der Waals surface area contributed by atoms with E-state index in [1.807, 2.05) is 23.6 Å². The van der Waals surface area contributed by atoms with Crippen molar-refractivity contribution in [2.75, 3.05) is 52.4 Å². The third-order valence-electron chi connectivity index (χ3n) is 6.48. The minimum Gasteiger partial charge on any atom is -0.342 e. The fourth-order valence-electron chi connectivity index (χ4n) is 4.71. The normalized spacial score (nSPS) is 27.8. The quantitative estimate of drug-likeness (QED) is 0.841. The van der Waals surface area contributed by atoms with E-state index in [0.717, 1.165) is 89.9 Å². The van der Waals surface area contributed by atoms with Crippen molar-refractivity contribution in [2.24, 2.45) is 17.8 Å². The number of urea groups is 1. The van der Waals surface area contributed by atoms with Crippen molar-refractivity contribution < 1.29 is 9.59 Å². The van der Waals surface area contributed by atoms with Gasteiger partial charge in [0.05, 0.1) is 0 Å². The molecule has 0 aromatic heterocycles. The lowest BCUT2D eigenvalue weighted by molar-refractivity contribution is -0.136. The molecule has 0 unspecified atom stereocenters. The number of fused-ring (bicyclic) bond motifs is 1. The van der Waals surface area contributed by atoms with Crippen molar-refractivity contribution in [3.05, 3.63) is 0 Å². The molecule has 25 heavy (non-hydrogen) atoms. The van der Waals surface area contributed by atoms with Gasteiger partial charge in [-0.15, -0.1) is 0 Å². The zero-order valence-corrected chi connectivity index (χ0v) is 15.9. The molecule has 6 nitrogen and oxygen atoms in total. The molecule has 3 heterocycles. The van der Waals surface area contributed by atoms with Crippen LogP contribution in [0.25, 0.3) is 0 Å². The smallest absolute Gasteiger partial charge is 0.319 e. The van der Waals surface area contributed by atoms with E-state index in [4.69, 9.17) is 0 Å². The number of hydrogen-bond donors (Lipinski definition) is 1. The van der Waals surface area contributed by atoms with Crippen molar-refractivity contribution in [1.82, 2.24) is 20.0 Å². The Hall–Kier alpha value is -1.30. The number of amides is 3. The Morgan fingerprint density at radius 3 is 1.92 bits per heavy atom. The second kappa shape index (κ2) is 8.39. The van der Waals surface area contributed by atoms with Crippen molar-refractivity contribution >= 4 is 11.9 Å². The average Bonchev–Trinajstić information content (AvgIpc) is 3.00. The van der Waals surface area contributed by atoms with Gasteiger partial charge in [0.25, 0.3) is 0 Å². The first kappa shape index (κ1) is 18.5. The summed E-state index contributed by atoms with van der Waals surface area (Å²) in [5, 5.41) is 3.49. The van der Waals surface area contributed by atoms with Crippen molar-refractivity contribution in [3.8, 4) is 0 Å². The number of likely N-dealkylation sites (tertiary alicyclic amines) is 2. The molecule has 0 aromatic carbocycles. The topological polar surface area (TPSA) is 55.9 Å². The van der Waals surface area contributed by atoms with Crippen LogP contribution in [0, 0.1) is 17.8 Å². The van der Waals surface area contributed by atoms with Crippen LogP contribution < -0.4 is 5.32 Å². The number of nitrogens with one attached hydrogen (secondary N) is 1. The molecule has 3 saturated heterocycles. The van der Waals surface area contributed by atoms with Crippen LogP contribution in [-0.4, -0.2) is 79.0 Å². The molecule has 3 aliphatic heterocycles. The highest BCUT2D eigenvalue weighted by Gasteiger charge is 2.35. The standard InChI is InChI=1S/C19H34N4O2/c1-3-21(4-2)19(25)23-11-5-15(6-12-23)18(24)22-9-7-16-13-20-14-17(16)8-10-22/h15-17,20H,3-14H2,1-2H3/t16-,17+. The number of hydrogen-bond acceptors (Lipinski definition) is 3. The van der Waals surface area contributed by atoms with Crippen LogP contribution in [0.3, 0.4) is 0 Å². The Balaban J connectivity index is 1.49. The Labute approximate surface area is 151 Å². The lowest BCUT2D eigenvalue weighted by Gasteiger charge is -2.36. The number of carbonyl (C=O) groups is 2. The minimum atomic E-state index is 0.108. The molecule has 3 rings (SSSR count). The van der Waals surface area contributed by atoms with Crippen LogP contribution >= 0.6 is 0 Å². The summed E-state index contributed by atoms with van der Waals surface area (Å²) in [4.78, 5) is 31.3. The molecule has 2 atom stereocenters. The van der Waals surface area contributed by atoms with E-state index in [1.165, 1.54) is 0 Å². The minimum absolute atomic E-state index is 0.108. The first-order valence-corrected chi connectivity index (χ1v) is 10.2. The number of nitrogens with zero attached hydrogens (tertiary/aromatic N) is 3. The summed E-state index contributed by atoms with van der Waals surface area (Å²) in [5.74, 6) is 1.96. The van der Waals surface area contributed by atoms with Gasteiger partial charge in [-0.2, -0.15) is 0 Å². The van der Waals surface area contributed by atoms with E-state index < -0.39 is 0 Å². The molecule has 0 aliphatic carbocycles. The maximum atomic E-state index is 12.9. The molecule has 0 bridgehead atoms. The van der Waals surface area contributed by atoms with Gasteiger partial charge in [-0.1, -0.05) is 0 Å². The largest absolute Gasteiger partial charge is 0.342 e. The van der Waals surface area contributed by atoms with Gasteiger partial charge < -0.3 is 20.0 Å². The van der Waals surface area contributed by atoms with Crippen molar-refractivity contribution in [3.63, 3.8) is 0 Å². The molecular weight excluding hydrogens is 316 g/mol. The fourth-order valence-corrected chi connectivity index (χ4v) is 4.71. The van der Waals surface area contributed by atoms with Crippen LogP contribution in [0.15, 0.2) is 0 Å². The molecule has 6 heteroatoms. The van der Waals surface area contributed by atoms with Crippen molar-refractivity contribution in [1.29, 1.82) is 0 Å². The zero-order chi connectivity index (χ0) is 17.8. The van der Waals surface area contributed by atoms with Crippen LogP contribution in [0.4, 0.5) is 4.79 Å². The van der Waals surface area contributed by atoms with E-state index >= 15 is 0 Å². The van der Waals surface area contributed by atoms with Crippen LogP contribution in [0.5, 0.6) is 0 Å². The summed E-state index contributed by atoms with van der Waals surface area (Å²) in [6.07, 6.45) is 3.92. The monoisotopic (exact) mass is 350 g/mol. The average molecular weight is 351 g/mol. The summed E-state index contributed by atoms with van der Waals surface area (Å²) in [5.41, 5.74) is 0. The highest BCUT2D eigenvalue weighted by molar-refractivity contribution is 5.80. The molecule has 0 saturated carbocycles. The van der Waals surface area contributed by atoms with E-state index in [2.05, 4.69) is 10.2 Å². The van der Waals surface area contributed by atoms with E-state index in [-0.39, 0.29) is 11.9 Å². The van der Waals surface area contributed by atoms with E-state index in [1.54, 1.807) is 0 Å². The van der Waals surface area contributed by atoms with Gasteiger partial charge in [0.2, 0.25) is 5.91 Å². The highest BCUT2D eigenvalue weighted by Crippen LogP contribution is 2.29. The molecule has 142 valence electrons. The van der Waals surface area contributed by atoms with Gasteiger partial charge >= 0.3 is 6.03 Å². The summed E-state index contributed by atoms with van der Waals surface area (Å²) >= 11 is 0. The van der Waals surface area contributed by atoms with Gasteiger partial charge in [-0.3, -0.25) is 4.79 Å². The molecule has 3 aliphatic rings. The third kappa shape index (κ3) is 4.10. The Bertz CT molecular complexity index is 458. The van der Waals surface area contributed by atoms with Gasteiger partial charge in [-0.05, 0) is 64.5 Å². The molecule has 3 fully saturated rings.